The van der Waals surface area contributed by atoms with Gasteiger partial charge in [0.2, 0.25) is 0 Å². The molecule has 0 aromatic heterocycles. The molecule has 2 N–H and O–H groups in total. The molecule has 1 unspecified atom stereocenters. The van der Waals surface area contributed by atoms with Crippen LogP contribution in [0.2, 0.25) is 0 Å². The molecular weight excluding hydrogens is 224 g/mol. The molecule has 0 aromatic carbocycles. The van der Waals surface area contributed by atoms with E-state index < -0.39 is 0 Å². The van der Waals surface area contributed by atoms with Crippen molar-refractivity contribution in [3.63, 3.8) is 0 Å². The van der Waals surface area contributed by atoms with Crippen LogP contribution in [0.5, 0.6) is 0 Å². The van der Waals surface area contributed by atoms with Gasteiger partial charge in [-0.05, 0) is 12.3 Å². The Morgan fingerprint density at radius 2 is 1.41 bits per heavy atom. The Kier molecular flexibility index (Phi) is 12.1. The highest BCUT2D eigenvalue weighted by Gasteiger charge is 2.06. The van der Waals surface area contributed by atoms with Gasteiger partial charge in [-0.15, -0.1) is 0 Å². The summed E-state index contributed by atoms with van der Waals surface area (Å²) in [6.45, 7) is 6.85. The fourth-order valence-corrected chi connectivity index (χ4v) is 1.34. The summed E-state index contributed by atoms with van der Waals surface area (Å²) in [5.74, 6) is 0.480. The molecule has 0 saturated heterocycles. The summed E-state index contributed by atoms with van der Waals surface area (Å²) in [6, 6.07) is 0. The van der Waals surface area contributed by atoms with Gasteiger partial charge in [0.15, 0.2) is 0 Å². The molecular formula is C12H26O5. The van der Waals surface area contributed by atoms with Crippen molar-refractivity contribution in [2.24, 2.45) is 5.92 Å². The Morgan fingerprint density at radius 3 is 1.94 bits per heavy atom. The summed E-state index contributed by atoms with van der Waals surface area (Å²) in [4.78, 5) is 0. The molecule has 0 aliphatic heterocycles. The maximum Gasteiger partial charge on any atom is 0.0776 e. The second kappa shape index (κ2) is 12.3. The summed E-state index contributed by atoms with van der Waals surface area (Å²) in [5, 5.41) is 18.0. The molecule has 0 radical (unpaired) electrons. The van der Waals surface area contributed by atoms with Gasteiger partial charge in [-0.3, -0.25) is 0 Å². The molecule has 0 aliphatic rings. The SMILES string of the molecule is CC(C)CC(O)COCCOCCOCCO. The molecule has 0 aromatic rings. The number of hydrogen-bond donors (Lipinski definition) is 2. The van der Waals surface area contributed by atoms with Crippen molar-refractivity contribution >= 4 is 0 Å². The van der Waals surface area contributed by atoms with Crippen molar-refractivity contribution in [2.75, 3.05) is 46.2 Å². The van der Waals surface area contributed by atoms with E-state index in [1.807, 2.05) is 0 Å². The molecule has 0 aliphatic carbocycles. The normalized spacial score (nSPS) is 13.2. The number of hydrogen-bond acceptors (Lipinski definition) is 5. The fraction of sp³-hybridized carbons (Fsp3) is 1.00. The first-order chi connectivity index (χ1) is 8.16. The van der Waals surface area contributed by atoms with Crippen molar-refractivity contribution in [3.05, 3.63) is 0 Å². The minimum Gasteiger partial charge on any atom is -0.394 e. The molecule has 0 rings (SSSR count). The largest absolute Gasteiger partial charge is 0.394 e. The van der Waals surface area contributed by atoms with E-state index in [9.17, 15) is 5.11 Å². The molecule has 17 heavy (non-hydrogen) atoms. The van der Waals surface area contributed by atoms with Crippen LogP contribution in [0.15, 0.2) is 0 Å². The van der Waals surface area contributed by atoms with Crippen LogP contribution in [-0.2, 0) is 14.2 Å². The second-order valence-corrected chi connectivity index (χ2v) is 4.31. The first-order valence-corrected chi connectivity index (χ1v) is 6.19. The fourth-order valence-electron chi connectivity index (χ4n) is 1.34. The molecule has 0 bridgehead atoms. The molecule has 1 atom stereocenters. The van der Waals surface area contributed by atoms with Crippen LogP contribution in [0, 0.1) is 5.92 Å². The zero-order valence-electron chi connectivity index (χ0n) is 10.9. The van der Waals surface area contributed by atoms with Crippen LogP contribution in [0.25, 0.3) is 0 Å². The standard InChI is InChI=1S/C12H26O5/c1-11(2)9-12(14)10-17-8-7-16-6-5-15-4-3-13/h11-14H,3-10H2,1-2H3. The first-order valence-electron chi connectivity index (χ1n) is 6.19. The van der Waals surface area contributed by atoms with Crippen molar-refractivity contribution < 1.29 is 24.4 Å². The Balaban J connectivity index is 3.07. The van der Waals surface area contributed by atoms with Crippen molar-refractivity contribution in [3.8, 4) is 0 Å². The third-order valence-electron chi connectivity index (χ3n) is 2.03. The monoisotopic (exact) mass is 250 g/mol. The molecule has 0 spiro atoms. The maximum atomic E-state index is 9.51. The molecule has 5 nitrogen and oxygen atoms in total. The highest BCUT2D eigenvalue weighted by molar-refractivity contribution is 4.56. The summed E-state index contributed by atoms with van der Waals surface area (Å²) in [7, 11) is 0. The average Bonchev–Trinajstić information content (AvgIpc) is 2.26. The van der Waals surface area contributed by atoms with Crippen LogP contribution >= 0.6 is 0 Å². The van der Waals surface area contributed by atoms with Crippen molar-refractivity contribution in [1.82, 2.24) is 0 Å². The van der Waals surface area contributed by atoms with Gasteiger partial charge >= 0.3 is 0 Å². The van der Waals surface area contributed by atoms with Gasteiger partial charge in [-0.2, -0.15) is 0 Å². The number of aliphatic hydroxyl groups is 2. The zero-order valence-corrected chi connectivity index (χ0v) is 10.9. The van der Waals surface area contributed by atoms with Gasteiger partial charge in [0.1, 0.15) is 0 Å². The Labute approximate surface area is 104 Å². The summed E-state index contributed by atoms with van der Waals surface area (Å²) in [6.07, 6.45) is 0.374. The van der Waals surface area contributed by atoms with E-state index in [4.69, 9.17) is 19.3 Å². The van der Waals surface area contributed by atoms with Crippen molar-refractivity contribution in [2.45, 2.75) is 26.4 Å². The van der Waals surface area contributed by atoms with Crippen LogP contribution in [0.1, 0.15) is 20.3 Å². The van der Waals surface area contributed by atoms with Crippen LogP contribution in [0.3, 0.4) is 0 Å². The molecule has 0 fully saturated rings. The Bertz CT molecular complexity index is 152. The molecule has 0 amide bonds. The van der Waals surface area contributed by atoms with E-state index >= 15 is 0 Å². The van der Waals surface area contributed by atoms with Gasteiger partial charge in [-0.1, -0.05) is 13.8 Å². The van der Waals surface area contributed by atoms with Crippen LogP contribution in [-0.4, -0.2) is 62.6 Å². The van der Waals surface area contributed by atoms with Crippen molar-refractivity contribution in [1.29, 1.82) is 0 Å². The molecule has 0 heterocycles. The minimum absolute atomic E-state index is 0.0385. The van der Waals surface area contributed by atoms with E-state index in [1.54, 1.807) is 0 Å². The molecule has 5 heteroatoms. The van der Waals surface area contributed by atoms with Gasteiger partial charge < -0.3 is 24.4 Å². The highest BCUT2D eigenvalue weighted by Crippen LogP contribution is 2.04. The maximum absolute atomic E-state index is 9.51. The minimum atomic E-state index is -0.386. The van der Waals surface area contributed by atoms with Gasteiger partial charge in [0, 0.05) is 0 Å². The quantitative estimate of drug-likeness (QED) is 0.492. The van der Waals surface area contributed by atoms with E-state index in [0.29, 0.717) is 45.6 Å². The van der Waals surface area contributed by atoms with E-state index in [-0.39, 0.29) is 12.7 Å². The highest BCUT2D eigenvalue weighted by atomic mass is 16.5. The second-order valence-electron chi connectivity index (χ2n) is 4.31. The average molecular weight is 250 g/mol. The summed E-state index contributed by atoms with van der Waals surface area (Å²) in [5.41, 5.74) is 0. The first kappa shape index (κ1) is 16.8. The lowest BCUT2D eigenvalue weighted by molar-refractivity contribution is -0.0161. The lowest BCUT2D eigenvalue weighted by Gasteiger charge is -2.13. The number of rotatable bonds is 12. The molecule has 0 saturated carbocycles. The smallest absolute Gasteiger partial charge is 0.0776 e. The zero-order chi connectivity index (χ0) is 12.9. The van der Waals surface area contributed by atoms with E-state index in [1.165, 1.54) is 0 Å². The third-order valence-corrected chi connectivity index (χ3v) is 2.03. The Morgan fingerprint density at radius 1 is 0.882 bits per heavy atom. The lowest BCUT2D eigenvalue weighted by atomic mass is 10.1. The van der Waals surface area contributed by atoms with Crippen LogP contribution < -0.4 is 0 Å². The summed E-state index contributed by atoms with van der Waals surface area (Å²) >= 11 is 0. The lowest BCUT2D eigenvalue weighted by Crippen LogP contribution is -2.19. The van der Waals surface area contributed by atoms with Crippen LogP contribution in [0.4, 0.5) is 0 Å². The number of aliphatic hydroxyl groups excluding tert-OH is 2. The van der Waals surface area contributed by atoms with E-state index in [2.05, 4.69) is 13.8 Å². The van der Waals surface area contributed by atoms with Gasteiger partial charge in [-0.25, -0.2) is 0 Å². The Hall–Kier alpha value is -0.200. The number of ether oxygens (including phenoxy) is 3. The van der Waals surface area contributed by atoms with E-state index in [0.717, 1.165) is 6.42 Å². The topological polar surface area (TPSA) is 68.2 Å². The van der Waals surface area contributed by atoms with Gasteiger partial charge in [0.25, 0.3) is 0 Å². The predicted octanol–water partition coefficient (Wildman–Crippen LogP) is 0.435. The third kappa shape index (κ3) is 13.7. The molecule has 104 valence electrons. The van der Waals surface area contributed by atoms with Gasteiger partial charge in [0.05, 0.1) is 52.4 Å². The predicted molar refractivity (Wildman–Crippen MR) is 65.0 cm³/mol. The summed E-state index contributed by atoms with van der Waals surface area (Å²) < 4.78 is 15.5.